The lowest BCUT2D eigenvalue weighted by atomic mass is 10.1. The Kier molecular flexibility index (Phi) is 4.84. The van der Waals surface area contributed by atoms with E-state index in [2.05, 4.69) is 0 Å². The molecule has 1 aromatic carbocycles. The molecule has 0 amide bonds. The van der Waals surface area contributed by atoms with E-state index < -0.39 is 0 Å². The van der Waals surface area contributed by atoms with E-state index in [0.29, 0.717) is 13.0 Å². The second-order valence-electron chi connectivity index (χ2n) is 3.20. The Morgan fingerprint density at radius 1 is 1.40 bits per heavy atom. The molecule has 0 aromatic heterocycles. The van der Waals surface area contributed by atoms with Crippen molar-refractivity contribution < 1.29 is 14.3 Å². The van der Waals surface area contributed by atoms with E-state index in [4.69, 9.17) is 9.47 Å². The van der Waals surface area contributed by atoms with Gasteiger partial charge in [-0.3, -0.25) is 4.79 Å². The molecule has 0 atom stereocenters. The number of carbonyl (C=O) groups is 1. The van der Waals surface area contributed by atoms with Gasteiger partial charge in [-0.2, -0.15) is 0 Å². The highest BCUT2D eigenvalue weighted by Crippen LogP contribution is 2.13. The van der Waals surface area contributed by atoms with E-state index in [9.17, 15) is 4.79 Å². The molecule has 0 saturated carbocycles. The molecule has 0 radical (unpaired) electrons. The Morgan fingerprint density at radius 3 is 2.87 bits per heavy atom. The van der Waals surface area contributed by atoms with Gasteiger partial charge in [0.2, 0.25) is 0 Å². The summed E-state index contributed by atoms with van der Waals surface area (Å²) in [7, 11) is 1.61. The molecule has 0 fully saturated rings. The molecule has 15 heavy (non-hydrogen) atoms. The molecule has 3 nitrogen and oxygen atoms in total. The van der Waals surface area contributed by atoms with E-state index in [1.165, 1.54) is 0 Å². The molecule has 0 aliphatic carbocycles. The zero-order valence-electron chi connectivity index (χ0n) is 9.16. The lowest BCUT2D eigenvalue weighted by Crippen LogP contribution is -2.11. The molecule has 0 saturated heterocycles. The lowest BCUT2D eigenvalue weighted by Gasteiger charge is -2.04. The fourth-order valence-electron chi connectivity index (χ4n) is 1.28. The zero-order chi connectivity index (χ0) is 11.1. The Balaban J connectivity index is 2.52. The maximum atomic E-state index is 11.4. The highest BCUT2D eigenvalue weighted by molar-refractivity contribution is 5.82. The number of carbonyl (C=O) groups excluding carboxylic acids is 1. The number of Topliss-reactive ketones (excluding diaryl/α,β-unsaturated/α-hetero) is 1. The summed E-state index contributed by atoms with van der Waals surface area (Å²) in [5.74, 6) is 0.863. The molecule has 0 aliphatic rings. The Hall–Kier alpha value is -1.35. The fourth-order valence-corrected chi connectivity index (χ4v) is 1.28. The molecule has 3 heteroatoms. The van der Waals surface area contributed by atoms with Gasteiger partial charge in [-0.15, -0.1) is 0 Å². The molecule has 0 aliphatic heterocycles. The van der Waals surface area contributed by atoms with Crippen LogP contribution in [0.3, 0.4) is 0 Å². The van der Waals surface area contributed by atoms with Gasteiger partial charge in [0.05, 0.1) is 7.11 Å². The number of ketones is 1. The minimum atomic E-state index is 0.0881. The van der Waals surface area contributed by atoms with Crippen LogP contribution in [0.1, 0.15) is 12.5 Å². The van der Waals surface area contributed by atoms with Crippen LogP contribution in [-0.4, -0.2) is 26.1 Å². The van der Waals surface area contributed by atoms with Gasteiger partial charge in [0.15, 0.2) is 5.78 Å². The minimum Gasteiger partial charge on any atom is -0.497 e. The molecule has 82 valence electrons. The van der Waals surface area contributed by atoms with Crippen LogP contribution in [0.15, 0.2) is 24.3 Å². The van der Waals surface area contributed by atoms with Crippen molar-refractivity contribution in [1.82, 2.24) is 0 Å². The quantitative estimate of drug-likeness (QED) is 0.715. The summed E-state index contributed by atoms with van der Waals surface area (Å²) in [6, 6.07) is 7.51. The number of hydrogen-bond acceptors (Lipinski definition) is 3. The molecule has 0 spiro atoms. The van der Waals surface area contributed by atoms with Gasteiger partial charge < -0.3 is 9.47 Å². The van der Waals surface area contributed by atoms with Crippen LogP contribution in [0, 0.1) is 0 Å². The Bertz CT molecular complexity index is 320. The van der Waals surface area contributed by atoms with Gasteiger partial charge in [0.1, 0.15) is 12.4 Å². The van der Waals surface area contributed by atoms with Gasteiger partial charge in [0.25, 0.3) is 0 Å². The number of hydrogen-bond donors (Lipinski definition) is 0. The predicted molar refractivity (Wildman–Crippen MR) is 58.2 cm³/mol. The lowest BCUT2D eigenvalue weighted by molar-refractivity contribution is -0.122. The van der Waals surface area contributed by atoms with Gasteiger partial charge >= 0.3 is 0 Å². The summed E-state index contributed by atoms with van der Waals surface area (Å²) in [6.45, 7) is 2.64. The third-order valence-corrected chi connectivity index (χ3v) is 2.00. The molecule has 1 rings (SSSR count). The Labute approximate surface area is 90.0 Å². The number of ether oxygens (including phenoxy) is 2. The summed E-state index contributed by atoms with van der Waals surface area (Å²) in [4.78, 5) is 11.4. The topological polar surface area (TPSA) is 35.5 Å². The average Bonchev–Trinajstić information content (AvgIpc) is 2.26. The summed E-state index contributed by atoms with van der Waals surface area (Å²) in [5, 5.41) is 0. The van der Waals surface area contributed by atoms with Crippen LogP contribution in [-0.2, 0) is 16.0 Å². The summed E-state index contributed by atoms with van der Waals surface area (Å²) in [5.41, 5.74) is 0.957. The first-order chi connectivity index (χ1) is 7.26. The average molecular weight is 208 g/mol. The van der Waals surface area contributed by atoms with E-state index in [1.807, 2.05) is 31.2 Å². The van der Waals surface area contributed by atoms with E-state index in [1.54, 1.807) is 7.11 Å². The van der Waals surface area contributed by atoms with Crippen molar-refractivity contribution in [1.29, 1.82) is 0 Å². The summed E-state index contributed by atoms with van der Waals surface area (Å²) in [6.07, 6.45) is 0.400. The highest BCUT2D eigenvalue weighted by Gasteiger charge is 2.04. The number of rotatable bonds is 6. The van der Waals surface area contributed by atoms with Crippen LogP contribution in [0.25, 0.3) is 0 Å². The van der Waals surface area contributed by atoms with Crippen molar-refractivity contribution in [2.24, 2.45) is 0 Å². The van der Waals surface area contributed by atoms with Crippen LogP contribution in [0.5, 0.6) is 5.75 Å². The summed E-state index contributed by atoms with van der Waals surface area (Å²) >= 11 is 0. The molecular weight excluding hydrogens is 192 g/mol. The van der Waals surface area contributed by atoms with E-state index in [-0.39, 0.29) is 12.4 Å². The third-order valence-electron chi connectivity index (χ3n) is 2.00. The fraction of sp³-hybridized carbons (Fsp3) is 0.417. The maximum Gasteiger partial charge on any atom is 0.162 e. The van der Waals surface area contributed by atoms with Crippen molar-refractivity contribution in [2.45, 2.75) is 13.3 Å². The molecule has 0 unspecified atom stereocenters. The Morgan fingerprint density at radius 2 is 2.20 bits per heavy atom. The van der Waals surface area contributed by atoms with Crippen LogP contribution >= 0.6 is 0 Å². The maximum absolute atomic E-state index is 11.4. The van der Waals surface area contributed by atoms with Gasteiger partial charge in [-0.05, 0) is 24.6 Å². The SMILES string of the molecule is CCOCC(=O)Cc1cccc(OC)c1. The van der Waals surface area contributed by atoms with Gasteiger partial charge in [0, 0.05) is 13.0 Å². The van der Waals surface area contributed by atoms with Crippen LogP contribution in [0.4, 0.5) is 0 Å². The van der Waals surface area contributed by atoms with Gasteiger partial charge in [-0.1, -0.05) is 12.1 Å². The van der Waals surface area contributed by atoms with Crippen molar-refractivity contribution in [3.8, 4) is 5.75 Å². The van der Waals surface area contributed by atoms with Crippen LogP contribution < -0.4 is 4.74 Å². The molecule has 0 bridgehead atoms. The monoisotopic (exact) mass is 208 g/mol. The smallest absolute Gasteiger partial charge is 0.162 e. The largest absolute Gasteiger partial charge is 0.497 e. The third kappa shape index (κ3) is 4.13. The number of methoxy groups -OCH3 is 1. The van der Waals surface area contributed by atoms with E-state index >= 15 is 0 Å². The van der Waals surface area contributed by atoms with Crippen molar-refractivity contribution in [3.05, 3.63) is 29.8 Å². The molecule has 0 N–H and O–H groups in total. The second kappa shape index (κ2) is 6.19. The first-order valence-corrected chi connectivity index (χ1v) is 4.98. The zero-order valence-corrected chi connectivity index (χ0v) is 9.16. The van der Waals surface area contributed by atoms with Gasteiger partial charge in [-0.25, -0.2) is 0 Å². The second-order valence-corrected chi connectivity index (χ2v) is 3.20. The van der Waals surface area contributed by atoms with Crippen molar-refractivity contribution >= 4 is 5.78 Å². The normalized spacial score (nSPS) is 10.0. The molecular formula is C12H16O3. The van der Waals surface area contributed by atoms with Crippen molar-refractivity contribution in [2.75, 3.05) is 20.3 Å². The highest BCUT2D eigenvalue weighted by atomic mass is 16.5. The first-order valence-electron chi connectivity index (χ1n) is 4.98. The number of benzene rings is 1. The first kappa shape index (κ1) is 11.7. The van der Waals surface area contributed by atoms with E-state index in [0.717, 1.165) is 11.3 Å². The summed E-state index contributed by atoms with van der Waals surface area (Å²) < 4.78 is 10.1. The van der Waals surface area contributed by atoms with Crippen LogP contribution in [0.2, 0.25) is 0 Å². The predicted octanol–water partition coefficient (Wildman–Crippen LogP) is 1.84. The van der Waals surface area contributed by atoms with Crippen molar-refractivity contribution in [3.63, 3.8) is 0 Å². The molecule has 1 aromatic rings. The standard InChI is InChI=1S/C12H16O3/c1-3-15-9-11(13)7-10-5-4-6-12(8-10)14-2/h4-6,8H,3,7,9H2,1-2H3. The molecule has 0 heterocycles. The minimum absolute atomic E-state index is 0.0881.